The summed E-state index contributed by atoms with van der Waals surface area (Å²) >= 11 is 6.47. The maximum absolute atomic E-state index is 11.8. The first-order valence-corrected chi connectivity index (χ1v) is 10.0. The predicted molar refractivity (Wildman–Crippen MR) is 125 cm³/mol. The molecule has 0 saturated carbocycles. The van der Waals surface area contributed by atoms with Crippen molar-refractivity contribution in [2.45, 2.75) is 0 Å². The number of nitro benzene ring substituents is 2. The summed E-state index contributed by atoms with van der Waals surface area (Å²) in [6.07, 6.45) is 3.09. The average molecular weight is 461 g/mol. The van der Waals surface area contributed by atoms with Crippen molar-refractivity contribution in [1.29, 1.82) is 0 Å². The van der Waals surface area contributed by atoms with E-state index in [1.165, 1.54) is 24.4 Å². The summed E-state index contributed by atoms with van der Waals surface area (Å²) in [4.78, 5) is 26.8. The lowest BCUT2D eigenvalue weighted by atomic mass is 9.97. The van der Waals surface area contributed by atoms with Gasteiger partial charge in [-0.25, -0.2) is 4.99 Å². The van der Waals surface area contributed by atoms with Crippen LogP contribution in [0.2, 0.25) is 5.02 Å². The Morgan fingerprint density at radius 2 is 1.76 bits per heavy atom. The van der Waals surface area contributed by atoms with Gasteiger partial charge in [-0.15, -0.1) is 0 Å². The molecule has 2 N–H and O–H groups in total. The number of benzene rings is 3. The van der Waals surface area contributed by atoms with Crippen molar-refractivity contribution in [2.24, 2.45) is 4.99 Å². The number of anilines is 1. The second-order valence-corrected chi connectivity index (χ2v) is 7.56. The Morgan fingerprint density at radius 3 is 2.52 bits per heavy atom. The second-order valence-electron chi connectivity index (χ2n) is 7.16. The molecule has 0 spiro atoms. The van der Waals surface area contributed by atoms with Gasteiger partial charge in [0.2, 0.25) is 0 Å². The zero-order chi connectivity index (χ0) is 23.1. The van der Waals surface area contributed by atoms with Crippen molar-refractivity contribution in [1.82, 2.24) is 10.2 Å². The number of fused-ring (bicyclic) bond motifs is 3. The Morgan fingerprint density at radius 1 is 0.939 bits per heavy atom. The fraction of sp³-hybridized carbons (Fsp3) is 0. The van der Waals surface area contributed by atoms with E-state index in [1.807, 2.05) is 0 Å². The van der Waals surface area contributed by atoms with E-state index in [-0.39, 0.29) is 16.9 Å². The summed E-state index contributed by atoms with van der Waals surface area (Å²) in [5.74, 6) is 0. The largest absolute Gasteiger partial charge is 0.359 e. The van der Waals surface area contributed by atoms with E-state index in [2.05, 4.69) is 15.5 Å². The molecule has 0 aliphatic carbocycles. The third kappa shape index (κ3) is 3.48. The molecule has 33 heavy (non-hydrogen) atoms. The molecule has 2 heterocycles. The molecular weight excluding hydrogens is 448 g/mol. The molecule has 0 radical (unpaired) electrons. The zero-order valence-electron chi connectivity index (χ0n) is 16.7. The number of aromatic amines is 1. The van der Waals surface area contributed by atoms with E-state index < -0.39 is 9.85 Å². The van der Waals surface area contributed by atoms with E-state index in [0.29, 0.717) is 44.2 Å². The molecular formula is C22H13ClN6O4. The molecule has 0 saturated heterocycles. The van der Waals surface area contributed by atoms with Crippen LogP contribution in [-0.4, -0.2) is 25.8 Å². The number of nitro groups is 2. The van der Waals surface area contributed by atoms with Gasteiger partial charge in [0.15, 0.2) is 0 Å². The highest BCUT2D eigenvalue weighted by molar-refractivity contribution is 6.36. The summed E-state index contributed by atoms with van der Waals surface area (Å²) in [6.45, 7) is 0. The number of hydrogen-bond donors (Lipinski definition) is 2. The fourth-order valence-corrected chi connectivity index (χ4v) is 3.95. The molecule has 10 nitrogen and oxygen atoms in total. The van der Waals surface area contributed by atoms with Gasteiger partial charge in [-0.1, -0.05) is 41.9 Å². The normalized spacial score (nSPS) is 12.9. The number of aromatic nitrogens is 2. The molecule has 1 aliphatic heterocycles. The van der Waals surface area contributed by atoms with E-state index in [1.54, 1.807) is 42.6 Å². The zero-order valence-corrected chi connectivity index (χ0v) is 17.4. The van der Waals surface area contributed by atoms with Gasteiger partial charge in [0.05, 0.1) is 38.5 Å². The second kappa shape index (κ2) is 7.84. The van der Waals surface area contributed by atoms with E-state index in [0.717, 1.165) is 0 Å². The SMILES string of the molecule is O=[N+]([O-])c1cccc(C2=CNc3c(cc([N+](=O)[O-])c4[nH]ncc34)C(c3ccccc3Cl)=N2)c1. The smallest absolute Gasteiger partial charge is 0.295 e. The molecule has 5 rings (SSSR count). The summed E-state index contributed by atoms with van der Waals surface area (Å²) in [5.41, 5.74) is 2.82. The van der Waals surface area contributed by atoms with E-state index >= 15 is 0 Å². The lowest BCUT2D eigenvalue weighted by molar-refractivity contribution is -0.384. The van der Waals surface area contributed by atoms with Gasteiger partial charge in [0, 0.05) is 46.1 Å². The van der Waals surface area contributed by atoms with Crippen molar-refractivity contribution in [2.75, 3.05) is 5.32 Å². The summed E-state index contributed by atoms with van der Waals surface area (Å²) in [6, 6.07) is 14.5. The number of nitrogens with zero attached hydrogens (tertiary/aromatic N) is 4. The number of H-pyrrole nitrogens is 1. The molecule has 0 atom stereocenters. The van der Waals surface area contributed by atoms with Crippen molar-refractivity contribution < 1.29 is 9.85 Å². The van der Waals surface area contributed by atoms with Crippen molar-refractivity contribution >= 4 is 51.0 Å². The molecule has 162 valence electrons. The van der Waals surface area contributed by atoms with Crippen molar-refractivity contribution in [3.05, 3.63) is 109 Å². The Kier molecular flexibility index (Phi) is 4.83. The fourth-order valence-electron chi connectivity index (χ4n) is 3.72. The van der Waals surface area contributed by atoms with Gasteiger partial charge in [-0.3, -0.25) is 25.3 Å². The van der Waals surface area contributed by atoms with Crippen LogP contribution < -0.4 is 5.32 Å². The molecule has 0 amide bonds. The quantitative estimate of drug-likeness (QED) is 0.313. The first kappa shape index (κ1) is 20.3. The first-order chi connectivity index (χ1) is 15.9. The number of nitrogens with one attached hydrogen (secondary N) is 2. The predicted octanol–water partition coefficient (Wildman–Crippen LogP) is 5.29. The van der Waals surface area contributed by atoms with Gasteiger partial charge in [-0.05, 0) is 6.07 Å². The van der Waals surface area contributed by atoms with Gasteiger partial charge in [0.25, 0.3) is 11.4 Å². The number of rotatable bonds is 4. The Labute approximate surface area is 190 Å². The summed E-state index contributed by atoms with van der Waals surface area (Å²) < 4.78 is 0. The van der Waals surface area contributed by atoms with Crippen LogP contribution in [0.5, 0.6) is 0 Å². The Balaban J connectivity index is 1.81. The number of halogens is 1. The lowest BCUT2D eigenvalue weighted by Crippen LogP contribution is -2.07. The van der Waals surface area contributed by atoms with Crippen LogP contribution in [0, 0.1) is 20.2 Å². The number of aliphatic imine (C=N–C) groups is 1. The third-order valence-electron chi connectivity index (χ3n) is 5.23. The Hall–Kier alpha value is -4.57. The third-order valence-corrected chi connectivity index (χ3v) is 5.56. The van der Waals surface area contributed by atoms with Crippen molar-refractivity contribution in [3.63, 3.8) is 0 Å². The molecule has 11 heteroatoms. The molecule has 4 aromatic rings. The van der Waals surface area contributed by atoms with Gasteiger partial charge < -0.3 is 5.32 Å². The van der Waals surface area contributed by atoms with Crippen LogP contribution in [0.15, 0.2) is 72.0 Å². The summed E-state index contributed by atoms with van der Waals surface area (Å²) in [7, 11) is 0. The maximum Gasteiger partial charge on any atom is 0.295 e. The minimum Gasteiger partial charge on any atom is -0.359 e. The van der Waals surface area contributed by atoms with E-state index in [4.69, 9.17) is 16.6 Å². The highest BCUT2D eigenvalue weighted by Gasteiger charge is 2.26. The van der Waals surface area contributed by atoms with Crippen LogP contribution in [0.3, 0.4) is 0 Å². The molecule has 0 unspecified atom stereocenters. The standard InChI is InChI=1S/C22H13ClN6O4/c23-17-7-2-1-6-14(17)21-15-9-19(29(32)33)22-16(10-25-27-22)20(15)24-11-18(26-21)12-4-3-5-13(8-12)28(30)31/h1-11,24H,(H,25,27). The highest BCUT2D eigenvalue weighted by Crippen LogP contribution is 2.38. The van der Waals surface area contributed by atoms with Gasteiger partial charge in [0.1, 0.15) is 5.52 Å². The van der Waals surface area contributed by atoms with Crippen LogP contribution in [0.25, 0.3) is 16.6 Å². The van der Waals surface area contributed by atoms with Gasteiger partial charge >= 0.3 is 0 Å². The molecule has 1 aliphatic rings. The average Bonchev–Trinajstić information content (AvgIpc) is 3.21. The molecule has 3 aromatic carbocycles. The number of non-ortho nitro benzene ring substituents is 2. The topological polar surface area (TPSA) is 139 Å². The number of hydrogen-bond acceptors (Lipinski definition) is 7. The minimum atomic E-state index is -0.495. The van der Waals surface area contributed by atoms with Crippen LogP contribution >= 0.6 is 11.6 Å². The van der Waals surface area contributed by atoms with Gasteiger partial charge in [-0.2, -0.15) is 5.10 Å². The maximum atomic E-state index is 11.8. The minimum absolute atomic E-state index is 0.0856. The highest BCUT2D eigenvalue weighted by atomic mass is 35.5. The molecule has 0 bridgehead atoms. The van der Waals surface area contributed by atoms with Crippen LogP contribution in [-0.2, 0) is 0 Å². The monoisotopic (exact) mass is 460 g/mol. The lowest BCUT2D eigenvalue weighted by Gasteiger charge is -2.13. The van der Waals surface area contributed by atoms with Crippen molar-refractivity contribution in [3.8, 4) is 0 Å². The molecule has 1 aromatic heterocycles. The first-order valence-electron chi connectivity index (χ1n) is 9.64. The molecule has 0 fully saturated rings. The van der Waals surface area contributed by atoms with Crippen LogP contribution in [0.4, 0.5) is 17.1 Å². The van der Waals surface area contributed by atoms with E-state index in [9.17, 15) is 20.2 Å². The Bertz CT molecular complexity index is 1520. The van der Waals surface area contributed by atoms with Crippen LogP contribution in [0.1, 0.15) is 16.7 Å². The summed E-state index contributed by atoms with van der Waals surface area (Å²) in [5, 5.41) is 33.8.